The van der Waals surface area contributed by atoms with Crippen molar-refractivity contribution in [3.8, 4) is 0 Å². The van der Waals surface area contributed by atoms with Gasteiger partial charge in [-0.25, -0.2) is 0 Å². The van der Waals surface area contributed by atoms with Gasteiger partial charge in [0.15, 0.2) is 5.78 Å². The topological polar surface area (TPSA) is 54.4 Å². The number of rotatable bonds is 3. The molecular formula is C16H20O3. The molecular weight excluding hydrogens is 240 g/mol. The maximum absolute atomic E-state index is 12.2. The van der Waals surface area contributed by atoms with Crippen molar-refractivity contribution in [3.63, 3.8) is 0 Å². The molecule has 1 saturated carbocycles. The second kappa shape index (κ2) is 5.16. The first kappa shape index (κ1) is 13.8. The lowest BCUT2D eigenvalue weighted by molar-refractivity contribution is -0.157. The van der Waals surface area contributed by atoms with E-state index in [4.69, 9.17) is 0 Å². The molecule has 1 aromatic carbocycles. The molecule has 1 atom stereocenters. The van der Waals surface area contributed by atoms with E-state index in [1.807, 2.05) is 32.0 Å². The lowest BCUT2D eigenvalue weighted by Gasteiger charge is -2.32. The summed E-state index contributed by atoms with van der Waals surface area (Å²) < 4.78 is 0. The third-order valence-corrected chi connectivity index (χ3v) is 4.32. The number of hydrogen-bond donors (Lipinski definition) is 1. The summed E-state index contributed by atoms with van der Waals surface area (Å²) in [6.45, 7) is 3.95. The maximum atomic E-state index is 12.2. The number of carboxylic acid groups (broad SMARTS) is 1. The van der Waals surface area contributed by atoms with E-state index in [0.29, 0.717) is 19.3 Å². The standard InChI is InChI=1S/C16H20O3/c1-11-6-5-7-12(2)13(11)10-16(15(18)19)9-4-3-8-14(16)17/h5-7H,3-4,8-10H2,1-2H3,(H,18,19). The second-order valence-corrected chi connectivity index (χ2v) is 5.56. The van der Waals surface area contributed by atoms with E-state index in [9.17, 15) is 14.7 Å². The van der Waals surface area contributed by atoms with E-state index < -0.39 is 11.4 Å². The lowest BCUT2D eigenvalue weighted by atomic mass is 9.68. The van der Waals surface area contributed by atoms with Gasteiger partial charge in [0.1, 0.15) is 5.41 Å². The normalized spacial score (nSPS) is 23.4. The molecule has 3 nitrogen and oxygen atoms in total. The van der Waals surface area contributed by atoms with Gasteiger partial charge in [-0.2, -0.15) is 0 Å². The highest BCUT2D eigenvalue weighted by atomic mass is 16.4. The van der Waals surface area contributed by atoms with Crippen LogP contribution in [0.5, 0.6) is 0 Å². The number of hydrogen-bond acceptors (Lipinski definition) is 2. The van der Waals surface area contributed by atoms with Crippen molar-refractivity contribution in [1.82, 2.24) is 0 Å². The smallest absolute Gasteiger partial charge is 0.317 e. The Balaban J connectivity index is 2.42. The van der Waals surface area contributed by atoms with Crippen LogP contribution in [0.1, 0.15) is 42.4 Å². The molecule has 0 heterocycles. The fraction of sp³-hybridized carbons (Fsp3) is 0.500. The Kier molecular flexibility index (Phi) is 3.74. The number of carbonyl (C=O) groups is 2. The lowest BCUT2D eigenvalue weighted by Crippen LogP contribution is -2.43. The quantitative estimate of drug-likeness (QED) is 0.850. The highest BCUT2D eigenvalue weighted by Gasteiger charge is 2.47. The van der Waals surface area contributed by atoms with Gasteiger partial charge in [-0.1, -0.05) is 24.6 Å². The third-order valence-electron chi connectivity index (χ3n) is 4.32. The molecule has 1 unspecified atom stereocenters. The average Bonchev–Trinajstić information content (AvgIpc) is 2.36. The summed E-state index contributed by atoms with van der Waals surface area (Å²) in [4.78, 5) is 23.9. The molecule has 0 radical (unpaired) electrons. The van der Waals surface area contributed by atoms with Crippen molar-refractivity contribution < 1.29 is 14.7 Å². The van der Waals surface area contributed by atoms with Crippen LogP contribution in [-0.4, -0.2) is 16.9 Å². The van der Waals surface area contributed by atoms with E-state index >= 15 is 0 Å². The molecule has 0 aromatic heterocycles. The van der Waals surface area contributed by atoms with Crippen molar-refractivity contribution in [2.75, 3.05) is 0 Å². The second-order valence-electron chi connectivity index (χ2n) is 5.56. The molecule has 0 saturated heterocycles. The van der Waals surface area contributed by atoms with Gasteiger partial charge in [0.2, 0.25) is 0 Å². The number of aliphatic carboxylic acids is 1. The molecule has 1 aliphatic rings. The number of carboxylic acids is 1. The Labute approximate surface area is 113 Å². The Hall–Kier alpha value is -1.64. The first-order valence-corrected chi connectivity index (χ1v) is 6.79. The van der Waals surface area contributed by atoms with Crippen molar-refractivity contribution >= 4 is 11.8 Å². The van der Waals surface area contributed by atoms with E-state index in [1.54, 1.807) is 0 Å². The van der Waals surface area contributed by atoms with Gasteiger partial charge in [-0.15, -0.1) is 0 Å². The van der Waals surface area contributed by atoms with Crippen LogP contribution in [0.4, 0.5) is 0 Å². The monoisotopic (exact) mass is 260 g/mol. The summed E-state index contributed by atoms with van der Waals surface area (Å²) in [6, 6.07) is 5.92. The minimum Gasteiger partial charge on any atom is -0.480 e. The molecule has 19 heavy (non-hydrogen) atoms. The van der Waals surface area contributed by atoms with Gasteiger partial charge < -0.3 is 5.11 Å². The Morgan fingerprint density at radius 2 is 1.89 bits per heavy atom. The molecule has 1 fully saturated rings. The molecule has 0 spiro atoms. The SMILES string of the molecule is Cc1cccc(C)c1CC1(C(=O)O)CCCCC1=O. The molecule has 1 aromatic rings. The largest absolute Gasteiger partial charge is 0.480 e. The fourth-order valence-electron chi connectivity index (χ4n) is 3.01. The molecule has 102 valence electrons. The zero-order chi connectivity index (χ0) is 14.0. The van der Waals surface area contributed by atoms with Crippen molar-refractivity contribution in [2.45, 2.75) is 46.0 Å². The van der Waals surface area contributed by atoms with Gasteiger partial charge >= 0.3 is 5.97 Å². The van der Waals surface area contributed by atoms with Crippen LogP contribution in [0.2, 0.25) is 0 Å². The van der Waals surface area contributed by atoms with Crippen LogP contribution < -0.4 is 0 Å². The highest BCUT2D eigenvalue weighted by Crippen LogP contribution is 2.38. The number of ketones is 1. The van der Waals surface area contributed by atoms with Crippen LogP contribution in [0.25, 0.3) is 0 Å². The minimum absolute atomic E-state index is 0.103. The predicted molar refractivity (Wildman–Crippen MR) is 73.2 cm³/mol. The molecule has 1 N–H and O–H groups in total. The number of aryl methyl sites for hydroxylation is 2. The van der Waals surface area contributed by atoms with Crippen LogP contribution in [0.3, 0.4) is 0 Å². The summed E-state index contributed by atoms with van der Waals surface area (Å²) in [5.41, 5.74) is 1.95. The van der Waals surface area contributed by atoms with Gasteiger partial charge in [0.25, 0.3) is 0 Å². The number of carbonyl (C=O) groups excluding carboxylic acids is 1. The van der Waals surface area contributed by atoms with E-state index in [-0.39, 0.29) is 5.78 Å². The fourth-order valence-corrected chi connectivity index (χ4v) is 3.01. The van der Waals surface area contributed by atoms with Crippen molar-refractivity contribution in [2.24, 2.45) is 5.41 Å². The van der Waals surface area contributed by atoms with Crippen LogP contribution in [0, 0.1) is 19.3 Å². The first-order valence-electron chi connectivity index (χ1n) is 6.79. The summed E-state index contributed by atoms with van der Waals surface area (Å²) in [6.07, 6.45) is 2.84. The molecule has 0 aliphatic heterocycles. The van der Waals surface area contributed by atoms with Gasteiger partial charge in [-0.3, -0.25) is 9.59 Å². The van der Waals surface area contributed by atoms with E-state index in [0.717, 1.165) is 29.5 Å². The van der Waals surface area contributed by atoms with E-state index in [2.05, 4.69) is 0 Å². The van der Waals surface area contributed by atoms with Crippen molar-refractivity contribution in [3.05, 3.63) is 34.9 Å². The average molecular weight is 260 g/mol. The molecule has 1 aliphatic carbocycles. The summed E-state index contributed by atoms with van der Waals surface area (Å²) in [5, 5.41) is 9.58. The Morgan fingerprint density at radius 3 is 2.42 bits per heavy atom. The van der Waals surface area contributed by atoms with Gasteiger partial charge in [-0.05, 0) is 49.8 Å². The summed E-state index contributed by atoms with van der Waals surface area (Å²) in [7, 11) is 0. The van der Waals surface area contributed by atoms with Crippen LogP contribution in [0.15, 0.2) is 18.2 Å². The Bertz CT molecular complexity index is 498. The summed E-state index contributed by atoms with van der Waals surface area (Å²) >= 11 is 0. The van der Waals surface area contributed by atoms with Crippen LogP contribution >= 0.6 is 0 Å². The molecule has 2 rings (SSSR count). The highest BCUT2D eigenvalue weighted by molar-refractivity contribution is 6.03. The Morgan fingerprint density at radius 1 is 1.26 bits per heavy atom. The molecule has 3 heteroatoms. The molecule has 0 amide bonds. The minimum atomic E-state index is -1.20. The van der Waals surface area contributed by atoms with Gasteiger partial charge in [0.05, 0.1) is 0 Å². The predicted octanol–water partition coefficient (Wildman–Crippen LogP) is 3.06. The number of Topliss-reactive ketones (excluding diaryl/α,β-unsaturated/α-hetero) is 1. The molecule has 0 bridgehead atoms. The maximum Gasteiger partial charge on any atom is 0.317 e. The van der Waals surface area contributed by atoms with Crippen molar-refractivity contribution in [1.29, 1.82) is 0 Å². The van der Waals surface area contributed by atoms with Gasteiger partial charge in [0, 0.05) is 6.42 Å². The number of benzene rings is 1. The third kappa shape index (κ3) is 2.42. The zero-order valence-corrected chi connectivity index (χ0v) is 11.5. The summed E-state index contributed by atoms with van der Waals surface area (Å²) in [5.74, 6) is -1.06. The zero-order valence-electron chi connectivity index (χ0n) is 11.5. The first-order chi connectivity index (χ1) is 8.97. The van der Waals surface area contributed by atoms with E-state index in [1.165, 1.54) is 0 Å². The van der Waals surface area contributed by atoms with Crippen LogP contribution in [-0.2, 0) is 16.0 Å².